The molecule has 0 spiro atoms. The minimum atomic E-state index is -1.56. The number of anilines is 1. The zero-order valence-electron chi connectivity index (χ0n) is 33.8. The average molecular weight is 756 g/mol. The Balaban J connectivity index is 1.74. The van der Waals surface area contributed by atoms with Crippen LogP contribution in [0, 0.1) is 5.92 Å². The predicted molar refractivity (Wildman–Crippen MR) is 196 cm³/mol. The fourth-order valence-corrected chi connectivity index (χ4v) is 6.31. The van der Waals surface area contributed by atoms with Gasteiger partial charge in [-0.15, -0.1) is 0 Å². The van der Waals surface area contributed by atoms with E-state index in [1.807, 2.05) is 71.0 Å². The van der Waals surface area contributed by atoms with Gasteiger partial charge in [0.15, 0.2) is 12.4 Å². The summed E-state index contributed by atoms with van der Waals surface area (Å²) in [5, 5.41) is 44.9. The van der Waals surface area contributed by atoms with E-state index >= 15 is 0 Å². The van der Waals surface area contributed by atoms with Crippen LogP contribution in [0.2, 0.25) is 0 Å². The summed E-state index contributed by atoms with van der Waals surface area (Å²) in [5.74, 6) is -0.732. The van der Waals surface area contributed by atoms with Crippen molar-refractivity contribution >= 4 is 17.9 Å². The molecule has 0 radical (unpaired) electrons. The summed E-state index contributed by atoms with van der Waals surface area (Å²) < 4.78 is 42.0. The fraction of sp³-hybridized carbons (Fsp3) is 0.795. The second-order valence-corrected chi connectivity index (χ2v) is 17.0. The zero-order valence-corrected chi connectivity index (χ0v) is 33.8. The minimum Gasteiger partial charge on any atom is -0.459 e. The summed E-state index contributed by atoms with van der Waals surface area (Å²) in [4.78, 5) is 27.7. The third-order valence-electron chi connectivity index (χ3n) is 10.7. The molecule has 2 unspecified atom stereocenters. The third kappa shape index (κ3) is 11.0. The van der Waals surface area contributed by atoms with Gasteiger partial charge in [0, 0.05) is 26.9 Å². The highest BCUT2D eigenvalue weighted by molar-refractivity contribution is 5.76. The van der Waals surface area contributed by atoms with E-state index in [1.54, 1.807) is 41.5 Å². The van der Waals surface area contributed by atoms with Crippen molar-refractivity contribution in [1.29, 1.82) is 0 Å². The number of esters is 1. The van der Waals surface area contributed by atoms with Gasteiger partial charge in [0.1, 0.15) is 61.5 Å². The van der Waals surface area contributed by atoms with Crippen LogP contribution in [0.25, 0.3) is 0 Å². The van der Waals surface area contributed by atoms with E-state index in [-0.39, 0.29) is 25.6 Å². The first kappa shape index (κ1) is 45.2. The number of hydrogen-bond acceptors (Lipinski definition) is 14. The van der Waals surface area contributed by atoms with Crippen molar-refractivity contribution < 1.29 is 63.2 Å². The lowest BCUT2D eigenvalue weighted by Gasteiger charge is -2.49. The standard InChI is InChI=1S/C39H65NO13/c1-22(2)37(5,6)53-30-25(20-41)50-34(28(44)26(30)42)39(9,10)49-18-17-36(3,4)52-31-27(43)29(45)33(38(7,8)47-13)51-32(31)35(46)48-21-23-15-14-16-24(19-23)40(11)12/h14-16,19-20,22,25-34,42-45H,17-18,21H2,1-13H3/t25?,26-,27-,28+,29+,30-,31+,32?,33-,34-/m1/s1. The number of aliphatic hydroxyl groups excluding tert-OH is 4. The van der Waals surface area contributed by atoms with Gasteiger partial charge in [-0.2, -0.15) is 0 Å². The monoisotopic (exact) mass is 755 g/mol. The lowest BCUT2D eigenvalue weighted by atomic mass is 9.85. The third-order valence-corrected chi connectivity index (χ3v) is 10.7. The van der Waals surface area contributed by atoms with Crippen molar-refractivity contribution in [2.24, 2.45) is 5.92 Å². The van der Waals surface area contributed by atoms with E-state index in [2.05, 4.69) is 0 Å². The molecule has 0 aliphatic carbocycles. The summed E-state index contributed by atoms with van der Waals surface area (Å²) in [7, 11) is 5.25. The summed E-state index contributed by atoms with van der Waals surface area (Å²) in [5.41, 5.74) is -2.39. The molecule has 53 heavy (non-hydrogen) atoms. The van der Waals surface area contributed by atoms with Crippen LogP contribution < -0.4 is 4.90 Å². The van der Waals surface area contributed by atoms with Gasteiger partial charge in [-0.3, -0.25) is 0 Å². The van der Waals surface area contributed by atoms with Crippen LogP contribution >= 0.6 is 0 Å². The Morgan fingerprint density at radius 3 is 2.00 bits per heavy atom. The normalized spacial score (nSPS) is 30.3. The van der Waals surface area contributed by atoms with Crippen molar-refractivity contribution in [3.05, 3.63) is 29.8 Å². The molecule has 0 bridgehead atoms. The smallest absolute Gasteiger partial charge is 0.338 e. The molecule has 14 heteroatoms. The van der Waals surface area contributed by atoms with Crippen LogP contribution in [0.4, 0.5) is 5.69 Å². The summed E-state index contributed by atoms with van der Waals surface area (Å²) in [6.45, 7) is 17.7. The van der Waals surface area contributed by atoms with Crippen LogP contribution in [0.3, 0.4) is 0 Å². The molecule has 14 nitrogen and oxygen atoms in total. The molecule has 3 rings (SSSR count). The molecule has 0 saturated carbocycles. The topological polar surface area (TPSA) is 183 Å². The molecule has 2 saturated heterocycles. The fourth-order valence-electron chi connectivity index (χ4n) is 6.31. The molecule has 2 heterocycles. The summed E-state index contributed by atoms with van der Waals surface area (Å²) in [6, 6.07) is 7.50. The number of nitrogens with zero attached hydrogens (tertiary/aromatic N) is 1. The Bertz CT molecular complexity index is 1350. The molecule has 2 aliphatic heterocycles. The van der Waals surface area contributed by atoms with E-state index in [9.17, 15) is 30.0 Å². The number of hydrogen-bond donors (Lipinski definition) is 4. The number of ether oxygens (including phenoxy) is 7. The van der Waals surface area contributed by atoms with Gasteiger partial charge in [0.05, 0.1) is 29.0 Å². The number of carbonyl (C=O) groups is 2. The number of aliphatic hydroxyl groups is 4. The van der Waals surface area contributed by atoms with Crippen molar-refractivity contribution in [3.8, 4) is 0 Å². The summed E-state index contributed by atoms with van der Waals surface area (Å²) in [6.07, 6.45) is -12.3. The van der Waals surface area contributed by atoms with Gasteiger partial charge in [-0.1, -0.05) is 26.0 Å². The van der Waals surface area contributed by atoms with E-state index < -0.39 is 89.4 Å². The molecule has 304 valence electrons. The number of benzene rings is 1. The molecule has 4 N–H and O–H groups in total. The minimum absolute atomic E-state index is 0.0393. The molecular weight excluding hydrogens is 690 g/mol. The highest BCUT2D eigenvalue weighted by Gasteiger charge is 2.55. The maximum Gasteiger partial charge on any atom is 0.338 e. The van der Waals surface area contributed by atoms with Gasteiger partial charge < -0.3 is 63.3 Å². The Hall–Kier alpha value is -2.24. The molecule has 1 aromatic rings. The molecule has 0 amide bonds. The van der Waals surface area contributed by atoms with Crippen LogP contribution in [0.5, 0.6) is 0 Å². The van der Waals surface area contributed by atoms with Crippen LogP contribution in [-0.2, 0) is 49.4 Å². The van der Waals surface area contributed by atoms with Crippen molar-refractivity contribution in [3.63, 3.8) is 0 Å². The maximum absolute atomic E-state index is 13.7. The number of methoxy groups -OCH3 is 1. The number of aldehydes is 1. The molecular formula is C39H65NO13. The number of rotatable bonds is 17. The van der Waals surface area contributed by atoms with Crippen LogP contribution in [-0.4, -0.2) is 144 Å². The molecule has 2 aliphatic rings. The maximum atomic E-state index is 13.7. The Kier molecular flexibility index (Phi) is 15.1. The Labute approximate surface area is 315 Å². The summed E-state index contributed by atoms with van der Waals surface area (Å²) >= 11 is 0. The second kappa shape index (κ2) is 17.7. The SMILES string of the molecule is COC(C)(C)[C@@H]1OC(C(=O)OCc2cccc(N(C)C)c2)[C@@H](OC(C)(C)CCOC(C)(C)[C@@H]2OC(C=O)[C@@H](OC(C)(C)C(C)C)[C@H](O)[C@@H]2O)[C@H](O)[C@@H]1O. The van der Waals surface area contributed by atoms with Gasteiger partial charge >= 0.3 is 5.97 Å². The first-order valence-electron chi connectivity index (χ1n) is 18.3. The van der Waals surface area contributed by atoms with Gasteiger partial charge in [0.25, 0.3) is 0 Å². The zero-order chi connectivity index (χ0) is 40.3. The van der Waals surface area contributed by atoms with E-state index in [0.717, 1.165) is 11.3 Å². The lowest BCUT2D eigenvalue weighted by Crippen LogP contribution is -2.66. The molecule has 1 aromatic carbocycles. The molecule has 0 aromatic heterocycles. The first-order chi connectivity index (χ1) is 24.4. The Morgan fingerprint density at radius 2 is 1.45 bits per heavy atom. The Morgan fingerprint density at radius 1 is 0.868 bits per heavy atom. The van der Waals surface area contributed by atoms with Crippen LogP contribution in [0.15, 0.2) is 24.3 Å². The van der Waals surface area contributed by atoms with Gasteiger partial charge in [-0.05, 0) is 85.4 Å². The quantitative estimate of drug-likeness (QED) is 0.134. The van der Waals surface area contributed by atoms with E-state index in [0.29, 0.717) is 6.29 Å². The van der Waals surface area contributed by atoms with Crippen LogP contribution in [0.1, 0.15) is 81.2 Å². The van der Waals surface area contributed by atoms with E-state index in [1.165, 1.54) is 7.11 Å². The van der Waals surface area contributed by atoms with E-state index in [4.69, 9.17) is 33.2 Å². The van der Waals surface area contributed by atoms with Crippen molar-refractivity contribution in [2.45, 2.75) is 166 Å². The highest BCUT2D eigenvalue weighted by atomic mass is 16.6. The van der Waals surface area contributed by atoms with Gasteiger partial charge in [0.2, 0.25) is 0 Å². The number of carbonyl (C=O) groups excluding carboxylic acids is 2. The average Bonchev–Trinajstić information content (AvgIpc) is 3.07. The second-order valence-electron chi connectivity index (χ2n) is 17.0. The van der Waals surface area contributed by atoms with Crippen molar-refractivity contribution in [1.82, 2.24) is 0 Å². The molecule has 10 atom stereocenters. The predicted octanol–water partition coefficient (Wildman–Crippen LogP) is 2.57. The highest BCUT2D eigenvalue weighted by Crippen LogP contribution is 2.37. The van der Waals surface area contributed by atoms with Crippen molar-refractivity contribution in [2.75, 3.05) is 32.7 Å². The largest absolute Gasteiger partial charge is 0.459 e. The molecule has 2 fully saturated rings. The van der Waals surface area contributed by atoms with Gasteiger partial charge in [-0.25, -0.2) is 4.79 Å². The lowest BCUT2D eigenvalue weighted by molar-refractivity contribution is -0.290. The first-order valence-corrected chi connectivity index (χ1v) is 18.3.